The van der Waals surface area contributed by atoms with Gasteiger partial charge in [0.1, 0.15) is 5.82 Å². The zero-order chi connectivity index (χ0) is 9.47. The summed E-state index contributed by atoms with van der Waals surface area (Å²) in [6, 6.07) is 4.88. The summed E-state index contributed by atoms with van der Waals surface area (Å²) < 4.78 is 12.8. The molecule has 0 aliphatic carbocycles. The SMILES string of the molecule is CC1(C)CSc2cc(F)ccc2N1. The van der Waals surface area contributed by atoms with Crippen LogP contribution in [0, 0.1) is 5.82 Å². The summed E-state index contributed by atoms with van der Waals surface area (Å²) in [7, 11) is 0. The van der Waals surface area contributed by atoms with Gasteiger partial charge in [0, 0.05) is 21.9 Å². The number of hydrogen-bond acceptors (Lipinski definition) is 2. The first kappa shape index (κ1) is 8.88. The van der Waals surface area contributed by atoms with Crippen LogP contribution in [0.15, 0.2) is 23.1 Å². The van der Waals surface area contributed by atoms with Crippen molar-refractivity contribution >= 4 is 17.4 Å². The van der Waals surface area contributed by atoms with E-state index in [9.17, 15) is 4.39 Å². The highest BCUT2D eigenvalue weighted by Gasteiger charge is 2.24. The lowest BCUT2D eigenvalue weighted by Crippen LogP contribution is -2.36. The Hall–Kier alpha value is -0.700. The fraction of sp³-hybridized carbons (Fsp3) is 0.400. The summed E-state index contributed by atoms with van der Waals surface area (Å²) in [5.41, 5.74) is 1.15. The van der Waals surface area contributed by atoms with Crippen molar-refractivity contribution in [2.24, 2.45) is 0 Å². The predicted octanol–water partition coefficient (Wildman–Crippen LogP) is 3.12. The molecule has 0 saturated heterocycles. The van der Waals surface area contributed by atoms with Crippen LogP contribution in [0.4, 0.5) is 10.1 Å². The molecular weight excluding hydrogens is 185 g/mol. The molecule has 0 unspecified atom stereocenters. The monoisotopic (exact) mass is 197 g/mol. The van der Waals surface area contributed by atoms with E-state index in [4.69, 9.17) is 0 Å². The second-order valence-corrected chi connectivity index (χ2v) is 4.96. The third-order valence-corrected chi connectivity index (χ3v) is 3.52. The molecule has 0 aromatic heterocycles. The Bertz CT molecular complexity index is 336. The van der Waals surface area contributed by atoms with Gasteiger partial charge in [0.25, 0.3) is 0 Å². The third-order valence-electron chi connectivity index (χ3n) is 2.01. The summed E-state index contributed by atoms with van der Waals surface area (Å²) >= 11 is 1.71. The number of benzene rings is 1. The average Bonchev–Trinajstić information content (AvgIpc) is 2.05. The van der Waals surface area contributed by atoms with Gasteiger partial charge in [0.2, 0.25) is 0 Å². The number of anilines is 1. The number of hydrogen-bond donors (Lipinski definition) is 1. The van der Waals surface area contributed by atoms with Crippen LogP contribution in [-0.4, -0.2) is 11.3 Å². The zero-order valence-corrected chi connectivity index (χ0v) is 8.54. The van der Waals surface area contributed by atoms with E-state index in [1.165, 1.54) is 6.07 Å². The van der Waals surface area contributed by atoms with Gasteiger partial charge in [-0.2, -0.15) is 0 Å². The number of thioether (sulfide) groups is 1. The number of rotatable bonds is 0. The first-order valence-corrected chi connectivity index (χ1v) is 5.26. The van der Waals surface area contributed by atoms with Crippen molar-refractivity contribution < 1.29 is 4.39 Å². The molecule has 0 radical (unpaired) electrons. The van der Waals surface area contributed by atoms with Crippen molar-refractivity contribution in [3.8, 4) is 0 Å². The number of fused-ring (bicyclic) bond motifs is 1. The van der Waals surface area contributed by atoms with E-state index in [1.54, 1.807) is 23.9 Å². The van der Waals surface area contributed by atoms with Gasteiger partial charge in [0.15, 0.2) is 0 Å². The van der Waals surface area contributed by atoms with Crippen LogP contribution in [0.2, 0.25) is 0 Å². The molecule has 13 heavy (non-hydrogen) atoms. The van der Waals surface area contributed by atoms with E-state index < -0.39 is 0 Å². The van der Waals surface area contributed by atoms with Gasteiger partial charge in [-0.15, -0.1) is 11.8 Å². The van der Waals surface area contributed by atoms with E-state index in [1.807, 2.05) is 0 Å². The second-order valence-electron chi connectivity index (χ2n) is 3.94. The van der Waals surface area contributed by atoms with Crippen molar-refractivity contribution in [3.63, 3.8) is 0 Å². The van der Waals surface area contributed by atoms with Gasteiger partial charge in [-0.05, 0) is 32.0 Å². The van der Waals surface area contributed by atoms with E-state index in [0.717, 1.165) is 16.3 Å². The molecule has 1 N–H and O–H groups in total. The molecule has 3 heteroatoms. The Kier molecular flexibility index (Phi) is 1.99. The van der Waals surface area contributed by atoms with Crippen molar-refractivity contribution in [1.82, 2.24) is 0 Å². The maximum atomic E-state index is 12.8. The average molecular weight is 197 g/mol. The van der Waals surface area contributed by atoms with Gasteiger partial charge in [-0.25, -0.2) is 4.39 Å². The van der Waals surface area contributed by atoms with Gasteiger partial charge in [-0.3, -0.25) is 0 Å². The van der Waals surface area contributed by atoms with Crippen LogP contribution in [-0.2, 0) is 0 Å². The summed E-state index contributed by atoms with van der Waals surface area (Å²) in [5.74, 6) is 0.816. The van der Waals surface area contributed by atoms with Crippen LogP contribution >= 0.6 is 11.8 Å². The molecule has 1 heterocycles. The number of halogens is 1. The fourth-order valence-electron chi connectivity index (χ4n) is 1.38. The highest BCUT2D eigenvalue weighted by atomic mass is 32.2. The molecule has 1 aliphatic rings. The minimum Gasteiger partial charge on any atom is -0.378 e. The summed E-state index contributed by atoms with van der Waals surface area (Å²) in [6.07, 6.45) is 0. The second kappa shape index (κ2) is 2.91. The first-order valence-electron chi connectivity index (χ1n) is 4.27. The Morgan fingerprint density at radius 3 is 3.00 bits per heavy atom. The number of nitrogens with one attached hydrogen (secondary N) is 1. The summed E-state index contributed by atoms with van der Waals surface area (Å²) in [4.78, 5) is 1.01. The normalized spacial score (nSPS) is 19.0. The maximum absolute atomic E-state index is 12.8. The van der Waals surface area contributed by atoms with Crippen LogP contribution in [0.1, 0.15) is 13.8 Å². The van der Waals surface area contributed by atoms with Crippen molar-refractivity contribution in [1.29, 1.82) is 0 Å². The molecule has 0 amide bonds. The van der Waals surface area contributed by atoms with Gasteiger partial charge < -0.3 is 5.32 Å². The molecule has 0 fully saturated rings. The third kappa shape index (κ3) is 1.80. The molecule has 0 saturated carbocycles. The van der Waals surface area contributed by atoms with Crippen molar-refractivity contribution in [2.45, 2.75) is 24.3 Å². The summed E-state index contributed by atoms with van der Waals surface area (Å²) in [5, 5.41) is 3.38. The summed E-state index contributed by atoms with van der Waals surface area (Å²) in [6.45, 7) is 4.29. The lowest BCUT2D eigenvalue weighted by Gasteiger charge is -2.33. The predicted molar refractivity (Wildman–Crippen MR) is 54.8 cm³/mol. The van der Waals surface area contributed by atoms with Gasteiger partial charge in [0.05, 0.1) is 0 Å². The lowest BCUT2D eigenvalue weighted by atomic mass is 10.1. The Morgan fingerprint density at radius 2 is 2.23 bits per heavy atom. The van der Waals surface area contributed by atoms with Crippen LogP contribution < -0.4 is 5.32 Å². The maximum Gasteiger partial charge on any atom is 0.124 e. The minimum absolute atomic E-state index is 0.107. The Labute approximate surface area is 81.7 Å². The molecule has 1 aliphatic heterocycles. The molecule has 70 valence electrons. The van der Waals surface area contributed by atoms with Crippen LogP contribution in [0.25, 0.3) is 0 Å². The Balaban J connectivity index is 2.37. The molecule has 1 nitrogen and oxygen atoms in total. The molecule has 2 rings (SSSR count). The molecule has 0 atom stereocenters. The van der Waals surface area contributed by atoms with E-state index in [-0.39, 0.29) is 11.4 Å². The zero-order valence-electron chi connectivity index (χ0n) is 7.73. The molecule has 1 aromatic carbocycles. The quantitative estimate of drug-likeness (QED) is 0.685. The topological polar surface area (TPSA) is 12.0 Å². The highest BCUT2D eigenvalue weighted by molar-refractivity contribution is 7.99. The standard InChI is InChI=1S/C10H12FNS/c1-10(2)6-13-9-5-7(11)3-4-8(9)12-10/h3-5,12H,6H2,1-2H3. The molecular formula is C10H12FNS. The smallest absolute Gasteiger partial charge is 0.124 e. The fourth-order valence-corrected chi connectivity index (χ4v) is 2.44. The van der Waals surface area contributed by atoms with E-state index >= 15 is 0 Å². The van der Waals surface area contributed by atoms with Crippen molar-refractivity contribution in [3.05, 3.63) is 24.0 Å². The molecule has 0 spiro atoms. The van der Waals surface area contributed by atoms with Crippen LogP contribution in [0.3, 0.4) is 0 Å². The minimum atomic E-state index is -0.159. The van der Waals surface area contributed by atoms with Crippen molar-refractivity contribution in [2.75, 3.05) is 11.1 Å². The molecule has 0 bridgehead atoms. The Morgan fingerprint density at radius 1 is 1.46 bits per heavy atom. The van der Waals surface area contributed by atoms with Gasteiger partial charge in [-0.1, -0.05) is 0 Å². The first-order chi connectivity index (χ1) is 6.07. The van der Waals surface area contributed by atoms with Gasteiger partial charge >= 0.3 is 0 Å². The largest absolute Gasteiger partial charge is 0.378 e. The van der Waals surface area contributed by atoms with E-state index in [2.05, 4.69) is 19.2 Å². The molecule has 1 aromatic rings. The van der Waals surface area contributed by atoms with E-state index in [0.29, 0.717) is 0 Å². The highest BCUT2D eigenvalue weighted by Crippen LogP contribution is 2.37. The lowest BCUT2D eigenvalue weighted by molar-refractivity contribution is 0.615. The van der Waals surface area contributed by atoms with Crippen LogP contribution in [0.5, 0.6) is 0 Å².